The average molecular weight is 317 g/mol. The van der Waals surface area contributed by atoms with Gasteiger partial charge in [-0.2, -0.15) is 0 Å². The summed E-state index contributed by atoms with van der Waals surface area (Å²) in [6.45, 7) is 0.594. The molecule has 8 heteroatoms. The van der Waals surface area contributed by atoms with E-state index < -0.39 is 34.8 Å². The molecule has 0 unspecified atom stereocenters. The number of aliphatic hydroxyl groups is 1. The Kier molecular flexibility index (Phi) is 4.40. The highest BCUT2D eigenvalue weighted by Crippen LogP contribution is 2.20. The highest BCUT2D eigenvalue weighted by atomic mass is 32.2. The number of rotatable bonds is 5. The Hall–Kier alpha value is -1.77. The van der Waals surface area contributed by atoms with Gasteiger partial charge in [0.05, 0.1) is 0 Å². The van der Waals surface area contributed by atoms with E-state index in [1.807, 2.05) is 0 Å². The number of hydrogen-bond donors (Lipinski definition) is 2. The quantitative estimate of drug-likeness (QED) is 0.882. The van der Waals surface area contributed by atoms with Crippen molar-refractivity contribution < 1.29 is 26.7 Å². The minimum atomic E-state index is -3.95. The topological polar surface area (TPSA) is 79.5 Å². The SMILES string of the molecule is Cc1oc(CO)cc1S(=O)(=O)NCc1cc(F)ccc1F. The molecule has 0 spiro atoms. The molecule has 0 aliphatic heterocycles. The van der Waals surface area contributed by atoms with Gasteiger partial charge in [0.25, 0.3) is 0 Å². The van der Waals surface area contributed by atoms with Crippen LogP contribution in [0, 0.1) is 18.6 Å². The lowest BCUT2D eigenvalue weighted by atomic mass is 10.2. The Balaban J connectivity index is 2.21. The number of sulfonamides is 1. The van der Waals surface area contributed by atoms with Gasteiger partial charge in [-0.05, 0) is 25.1 Å². The van der Waals surface area contributed by atoms with Crippen molar-refractivity contribution in [2.24, 2.45) is 0 Å². The Bertz CT molecular complexity index is 756. The Morgan fingerprint density at radius 1 is 1.29 bits per heavy atom. The second-order valence-electron chi connectivity index (χ2n) is 4.35. The molecule has 21 heavy (non-hydrogen) atoms. The van der Waals surface area contributed by atoms with Crippen molar-refractivity contribution in [1.82, 2.24) is 4.72 Å². The molecule has 0 aliphatic carbocycles. The van der Waals surface area contributed by atoms with E-state index in [-0.39, 0.29) is 22.0 Å². The number of halogens is 2. The molecule has 0 aliphatic rings. The van der Waals surface area contributed by atoms with Gasteiger partial charge in [-0.1, -0.05) is 0 Å². The van der Waals surface area contributed by atoms with Crippen LogP contribution >= 0.6 is 0 Å². The van der Waals surface area contributed by atoms with Gasteiger partial charge in [-0.15, -0.1) is 0 Å². The van der Waals surface area contributed by atoms with E-state index in [9.17, 15) is 17.2 Å². The van der Waals surface area contributed by atoms with E-state index in [0.717, 1.165) is 18.2 Å². The number of benzene rings is 1. The van der Waals surface area contributed by atoms with Crippen LogP contribution in [0.5, 0.6) is 0 Å². The van der Waals surface area contributed by atoms with Crippen molar-refractivity contribution in [3.63, 3.8) is 0 Å². The number of nitrogens with one attached hydrogen (secondary N) is 1. The van der Waals surface area contributed by atoms with E-state index in [1.54, 1.807) is 0 Å². The first-order chi connectivity index (χ1) is 9.83. The molecule has 0 fully saturated rings. The minimum Gasteiger partial charge on any atom is -0.462 e. The van der Waals surface area contributed by atoms with Crippen molar-refractivity contribution in [3.8, 4) is 0 Å². The maximum absolute atomic E-state index is 13.4. The van der Waals surface area contributed by atoms with E-state index in [4.69, 9.17) is 9.52 Å². The molecule has 2 aromatic rings. The smallest absolute Gasteiger partial charge is 0.244 e. The van der Waals surface area contributed by atoms with Crippen LogP contribution in [-0.2, 0) is 23.2 Å². The van der Waals surface area contributed by atoms with Crippen LogP contribution in [0.4, 0.5) is 8.78 Å². The van der Waals surface area contributed by atoms with Gasteiger partial charge in [0, 0.05) is 18.2 Å². The molecule has 114 valence electrons. The van der Waals surface area contributed by atoms with Crippen LogP contribution in [0.15, 0.2) is 33.6 Å². The lowest BCUT2D eigenvalue weighted by molar-refractivity contribution is 0.244. The molecule has 2 N–H and O–H groups in total. The first-order valence-electron chi connectivity index (χ1n) is 5.97. The van der Waals surface area contributed by atoms with Crippen LogP contribution in [-0.4, -0.2) is 13.5 Å². The molecule has 1 aromatic heterocycles. The summed E-state index contributed by atoms with van der Waals surface area (Å²) >= 11 is 0. The highest BCUT2D eigenvalue weighted by Gasteiger charge is 2.21. The number of hydrogen-bond acceptors (Lipinski definition) is 4. The van der Waals surface area contributed by atoms with Gasteiger partial charge in [-0.3, -0.25) is 0 Å². The van der Waals surface area contributed by atoms with Crippen LogP contribution in [0.2, 0.25) is 0 Å². The average Bonchev–Trinajstić information content (AvgIpc) is 2.82. The molecule has 0 saturated carbocycles. The van der Waals surface area contributed by atoms with Crippen LogP contribution < -0.4 is 4.72 Å². The maximum atomic E-state index is 13.4. The van der Waals surface area contributed by atoms with Crippen LogP contribution in [0.25, 0.3) is 0 Å². The lowest BCUT2D eigenvalue weighted by Crippen LogP contribution is -2.24. The molecule has 0 saturated heterocycles. The predicted octanol–water partition coefficient (Wildman–Crippen LogP) is 1.84. The molecule has 0 bridgehead atoms. The summed E-state index contributed by atoms with van der Waals surface area (Å²) in [5.74, 6) is -1.16. The first-order valence-corrected chi connectivity index (χ1v) is 7.45. The van der Waals surface area contributed by atoms with Crippen LogP contribution in [0.1, 0.15) is 17.1 Å². The second-order valence-corrected chi connectivity index (χ2v) is 6.09. The first kappa shape index (κ1) is 15.6. The summed E-state index contributed by atoms with van der Waals surface area (Å²) < 4.78 is 57.8. The highest BCUT2D eigenvalue weighted by molar-refractivity contribution is 7.89. The molecule has 1 aromatic carbocycles. The Labute approximate surface area is 120 Å². The van der Waals surface area contributed by atoms with E-state index in [2.05, 4.69) is 4.72 Å². The molecule has 0 radical (unpaired) electrons. The fraction of sp³-hybridized carbons (Fsp3) is 0.231. The van der Waals surface area contributed by atoms with Crippen molar-refractivity contribution >= 4 is 10.0 Å². The van der Waals surface area contributed by atoms with E-state index in [0.29, 0.717) is 0 Å². The Morgan fingerprint density at radius 2 is 2.00 bits per heavy atom. The van der Waals surface area contributed by atoms with E-state index in [1.165, 1.54) is 13.0 Å². The fourth-order valence-corrected chi connectivity index (χ4v) is 3.01. The van der Waals surface area contributed by atoms with Gasteiger partial charge in [0.1, 0.15) is 34.7 Å². The molecular weight excluding hydrogens is 304 g/mol. The normalized spacial score (nSPS) is 11.8. The largest absolute Gasteiger partial charge is 0.462 e. The van der Waals surface area contributed by atoms with Gasteiger partial charge in [0.2, 0.25) is 10.0 Å². The summed E-state index contributed by atoms with van der Waals surface area (Å²) in [5, 5.41) is 8.92. The summed E-state index contributed by atoms with van der Waals surface area (Å²) in [6.07, 6.45) is 0. The third-order valence-corrected chi connectivity index (χ3v) is 4.34. The molecule has 0 amide bonds. The molecule has 1 heterocycles. The second kappa shape index (κ2) is 5.92. The number of furan rings is 1. The summed E-state index contributed by atoms with van der Waals surface area (Å²) in [7, 11) is -3.95. The zero-order chi connectivity index (χ0) is 15.6. The predicted molar refractivity (Wildman–Crippen MR) is 69.8 cm³/mol. The molecular formula is C13H13F2NO4S. The third kappa shape index (κ3) is 3.46. The van der Waals surface area contributed by atoms with Crippen LogP contribution in [0.3, 0.4) is 0 Å². The van der Waals surface area contributed by atoms with Crippen molar-refractivity contribution in [1.29, 1.82) is 0 Å². The lowest BCUT2D eigenvalue weighted by Gasteiger charge is -2.06. The van der Waals surface area contributed by atoms with Crippen molar-refractivity contribution in [2.75, 3.05) is 0 Å². The Morgan fingerprint density at radius 3 is 2.62 bits per heavy atom. The maximum Gasteiger partial charge on any atom is 0.244 e. The summed E-state index contributed by atoms with van der Waals surface area (Å²) in [6, 6.07) is 3.96. The molecule has 0 atom stereocenters. The number of aryl methyl sites for hydroxylation is 1. The van der Waals surface area contributed by atoms with Crippen molar-refractivity contribution in [3.05, 3.63) is 53.0 Å². The standard InChI is InChI=1S/C13H13F2NO4S/c1-8-13(5-11(7-17)20-8)21(18,19)16-6-9-4-10(14)2-3-12(9)15/h2-5,16-17H,6-7H2,1H3. The van der Waals surface area contributed by atoms with Gasteiger partial charge >= 0.3 is 0 Å². The monoisotopic (exact) mass is 317 g/mol. The summed E-state index contributed by atoms with van der Waals surface area (Å²) in [4.78, 5) is -0.150. The molecule has 5 nitrogen and oxygen atoms in total. The van der Waals surface area contributed by atoms with Crippen molar-refractivity contribution in [2.45, 2.75) is 25.0 Å². The van der Waals surface area contributed by atoms with Gasteiger partial charge in [-0.25, -0.2) is 21.9 Å². The zero-order valence-corrected chi connectivity index (χ0v) is 11.9. The van der Waals surface area contributed by atoms with Gasteiger partial charge < -0.3 is 9.52 Å². The van der Waals surface area contributed by atoms with Gasteiger partial charge in [0.15, 0.2) is 0 Å². The van der Waals surface area contributed by atoms with E-state index >= 15 is 0 Å². The summed E-state index contributed by atoms with van der Waals surface area (Å²) in [5.41, 5.74) is -0.109. The zero-order valence-electron chi connectivity index (χ0n) is 11.1. The molecule has 2 rings (SSSR count). The minimum absolute atomic E-state index is 0.102. The fourth-order valence-electron chi connectivity index (χ4n) is 1.80. The number of aliphatic hydroxyl groups excluding tert-OH is 1. The third-order valence-electron chi connectivity index (χ3n) is 2.83.